The van der Waals surface area contributed by atoms with E-state index in [4.69, 9.17) is 0 Å². The molecule has 0 aromatic heterocycles. The second kappa shape index (κ2) is 4.83. The van der Waals surface area contributed by atoms with Crippen molar-refractivity contribution in [2.45, 2.75) is 25.8 Å². The van der Waals surface area contributed by atoms with Gasteiger partial charge in [-0.15, -0.1) is 0 Å². The number of nitrogens with zero attached hydrogens (tertiary/aromatic N) is 1. The highest BCUT2D eigenvalue weighted by atomic mass is 19.1. The van der Waals surface area contributed by atoms with Crippen LogP contribution in [0.4, 0.5) is 10.1 Å². The van der Waals surface area contributed by atoms with Crippen molar-refractivity contribution in [1.82, 2.24) is 5.32 Å². The van der Waals surface area contributed by atoms with E-state index in [1.165, 1.54) is 12.8 Å². The van der Waals surface area contributed by atoms with Gasteiger partial charge in [0.2, 0.25) is 0 Å². The molecule has 1 atom stereocenters. The van der Waals surface area contributed by atoms with E-state index < -0.39 is 0 Å². The average molecular weight is 222 g/mol. The maximum Gasteiger partial charge on any atom is 0.146 e. The topological polar surface area (TPSA) is 15.3 Å². The minimum absolute atomic E-state index is 0.0958. The summed E-state index contributed by atoms with van der Waals surface area (Å²) in [6, 6.07) is 5.76. The van der Waals surface area contributed by atoms with Crippen molar-refractivity contribution >= 4 is 5.69 Å². The minimum Gasteiger partial charge on any atom is -0.369 e. The van der Waals surface area contributed by atoms with Gasteiger partial charge in [-0.3, -0.25) is 0 Å². The summed E-state index contributed by atoms with van der Waals surface area (Å²) in [6.45, 7) is 4.00. The number of hydrogen-bond donors (Lipinski definition) is 1. The van der Waals surface area contributed by atoms with Crippen LogP contribution in [0.3, 0.4) is 0 Å². The Labute approximate surface area is 96.5 Å². The molecule has 1 heterocycles. The predicted molar refractivity (Wildman–Crippen MR) is 65.3 cm³/mol. The zero-order valence-electron chi connectivity index (χ0n) is 9.96. The molecule has 1 N–H and O–H groups in total. The molecule has 0 saturated carbocycles. The molecular formula is C13H19FN2. The standard InChI is InChI=1S/C13H19FN2/c1-10(15-2)11-5-6-13(12(14)9-11)16-7-3-4-8-16/h5-6,9-10,15H,3-4,7-8H2,1-2H3/t10-/m1/s1. The molecule has 1 saturated heterocycles. The molecule has 3 heteroatoms. The van der Waals surface area contributed by atoms with E-state index in [0.717, 1.165) is 24.3 Å². The lowest BCUT2D eigenvalue weighted by molar-refractivity contribution is 0.605. The van der Waals surface area contributed by atoms with E-state index in [2.05, 4.69) is 10.2 Å². The molecule has 0 radical (unpaired) electrons. The summed E-state index contributed by atoms with van der Waals surface area (Å²) in [4.78, 5) is 2.13. The lowest BCUT2D eigenvalue weighted by atomic mass is 10.1. The average Bonchev–Trinajstić information content (AvgIpc) is 2.81. The monoisotopic (exact) mass is 222 g/mol. The number of benzene rings is 1. The summed E-state index contributed by atoms with van der Waals surface area (Å²) < 4.78 is 13.9. The first-order valence-electron chi connectivity index (χ1n) is 5.94. The van der Waals surface area contributed by atoms with Gasteiger partial charge in [0.1, 0.15) is 5.82 Å². The SMILES string of the molecule is CN[C@H](C)c1ccc(N2CCCC2)c(F)c1. The third-order valence-corrected chi connectivity index (χ3v) is 3.35. The minimum atomic E-state index is -0.0958. The molecule has 0 unspecified atom stereocenters. The van der Waals surface area contributed by atoms with Crippen LogP contribution in [0.2, 0.25) is 0 Å². The first-order valence-corrected chi connectivity index (χ1v) is 5.94. The van der Waals surface area contributed by atoms with Crippen molar-refractivity contribution in [2.24, 2.45) is 0 Å². The second-order valence-electron chi connectivity index (χ2n) is 4.42. The molecule has 1 aromatic carbocycles. The van der Waals surface area contributed by atoms with Crippen LogP contribution in [0.1, 0.15) is 31.4 Å². The Hall–Kier alpha value is -1.09. The Morgan fingerprint density at radius 2 is 2.00 bits per heavy atom. The number of rotatable bonds is 3. The van der Waals surface area contributed by atoms with Gasteiger partial charge < -0.3 is 10.2 Å². The van der Waals surface area contributed by atoms with Crippen molar-refractivity contribution in [3.8, 4) is 0 Å². The molecule has 88 valence electrons. The quantitative estimate of drug-likeness (QED) is 0.846. The van der Waals surface area contributed by atoms with Gasteiger partial charge in [-0.25, -0.2) is 4.39 Å². The van der Waals surface area contributed by atoms with Gasteiger partial charge in [0, 0.05) is 19.1 Å². The van der Waals surface area contributed by atoms with Gasteiger partial charge >= 0.3 is 0 Å². The summed E-state index contributed by atoms with van der Waals surface area (Å²) >= 11 is 0. The van der Waals surface area contributed by atoms with Crippen LogP contribution in [0, 0.1) is 5.82 Å². The van der Waals surface area contributed by atoms with E-state index in [9.17, 15) is 4.39 Å². The van der Waals surface area contributed by atoms with Crippen LogP contribution in [-0.4, -0.2) is 20.1 Å². The Morgan fingerprint density at radius 1 is 1.31 bits per heavy atom. The summed E-state index contributed by atoms with van der Waals surface area (Å²) in [6.07, 6.45) is 2.35. The Morgan fingerprint density at radius 3 is 2.56 bits per heavy atom. The molecule has 1 aromatic rings. The zero-order valence-corrected chi connectivity index (χ0v) is 9.96. The first-order chi connectivity index (χ1) is 7.72. The highest BCUT2D eigenvalue weighted by Gasteiger charge is 2.16. The zero-order chi connectivity index (χ0) is 11.5. The third kappa shape index (κ3) is 2.19. The smallest absolute Gasteiger partial charge is 0.146 e. The molecule has 2 rings (SSSR count). The van der Waals surface area contributed by atoms with Crippen LogP contribution in [-0.2, 0) is 0 Å². The van der Waals surface area contributed by atoms with Crippen LogP contribution >= 0.6 is 0 Å². The van der Waals surface area contributed by atoms with Gasteiger partial charge in [-0.1, -0.05) is 6.07 Å². The fourth-order valence-corrected chi connectivity index (χ4v) is 2.17. The third-order valence-electron chi connectivity index (χ3n) is 3.35. The van der Waals surface area contributed by atoms with Crippen molar-refractivity contribution < 1.29 is 4.39 Å². The van der Waals surface area contributed by atoms with E-state index in [1.54, 1.807) is 6.07 Å². The Balaban J connectivity index is 2.22. The summed E-state index contributed by atoms with van der Waals surface area (Å²) in [5.41, 5.74) is 1.76. The predicted octanol–water partition coefficient (Wildman–Crippen LogP) is 2.71. The van der Waals surface area contributed by atoms with Crippen molar-refractivity contribution in [3.05, 3.63) is 29.6 Å². The van der Waals surface area contributed by atoms with E-state index in [1.807, 2.05) is 26.1 Å². The Kier molecular flexibility index (Phi) is 3.44. The summed E-state index contributed by atoms with van der Waals surface area (Å²) in [5, 5.41) is 3.12. The van der Waals surface area contributed by atoms with Crippen molar-refractivity contribution in [2.75, 3.05) is 25.0 Å². The normalized spacial score (nSPS) is 17.8. The molecule has 0 bridgehead atoms. The molecule has 0 spiro atoms. The van der Waals surface area contributed by atoms with E-state index in [-0.39, 0.29) is 11.9 Å². The highest BCUT2D eigenvalue weighted by molar-refractivity contribution is 5.50. The molecule has 1 aliphatic rings. The molecule has 0 aliphatic carbocycles. The summed E-state index contributed by atoms with van der Waals surface area (Å²) in [7, 11) is 1.89. The second-order valence-corrected chi connectivity index (χ2v) is 4.42. The lowest BCUT2D eigenvalue weighted by Crippen LogP contribution is -2.19. The molecule has 1 fully saturated rings. The molecule has 2 nitrogen and oxygen atoms in total. The molecule has 0 amide bonds. The maximum atomic E-state index is 13.9. The van der Waals surface area contributed by atoms with E-state index in [0.29, 0.717) is 0 Å². The van der Waals surface area contributed by atoms with Gasteiger partial charge in [-0.05, 0) is 44.5 Å². The largest absolute Gasteiger partial charge is 0.369 e. The first kappa shape index (κ1) is 11.4. The maximum absolute atomic E-state index is 13.9. The van der Waals surface area contributed by atoms with Gasteiger partial charge in [0.25, 0.3) is 0 Å². The van der Waals surface area contributed by atoms with Crippen molar-refractivity contribution in [3.63, 3.8) is 0 Å². The van der Waals surface area contributed by atoms with Crippen LogP contribution in [0.5, 0.6) is 0 Å². The van der Waals surface area contributed by atoms with E-state index >= 15 is 0 Å². The number of hydrogen-bond acceptors (Lipinski definition) is 2. The fourth-order valence-electron chi connectivity index (χ4n) is 2.17. The van der Waals surface area contributed by atoms with Gasteiger partial charge in [0.05, 0.1) is 5.69 Å². The fraction of sp³-hybridized carbons (Fsp3) is 0.538. The molecule has 1 aliphatic heterocycles. The van der Waals surface area contributed by atoms with Crippen LogP contribution < -0.4 is 10.2 Å². The molecular weight excluding hydrogens is 203 g/mol. The van der Waals surface area contributed by atoms with Gasteiger partial charge in [-0.2, -0.15) is 0 Å². The molecule has 16 heavy (non-hydrogen) atoms. The highest BCUT2D eigenvalue weighted by Crippen LogP contribution is 2.26. The lowest BCUT2D eigenvalue weighted by Gasteiger charge is -2.20. The van der Waals surface area contributed by atoms with Crippen LogP contribution in [0.25, 0.3) is 0 Å². The van der Waals surface area contributed by atoms with Crippen LogP contribution in [0.15, 0.2) is 18.2 Å². The number of anilines is 1. The van der Waals surface area contributed by atoms with Crippen molar-refractivity contribution in [1.29, 1.82) is 0 Å². The summed E-state index contributed by atoms with van der Waals surface area (Å²) in [5.74, 6) is -0.0958. The Bertz CT molecular complexity index is 359. The van der Waals surface area contributed by atoms with Gasteiger partial charge in [0.15, 0.2) is 0 Å². The number of nitrogens with one attached hydrogen (secondary N) is 1. The number of halogens is 1.